The van der Waals surface area contributed by atoms with E-state index in [-0.39, 0.29) is 12.5 Å². The van der Waals surface area contributed by atoms with Gasteiger partial charge in [-0.15, -0.1) is 0 Å². The lowest BCUT2D eigenvalue weighted by Crippen LogP contribution is -2.12. The molecule has 0 fully saturated rings. The van der Waals surface area contributed by atoms with Crippen LogP contribution in [-0.4, -0.2) is 30.8 Å². The van der Waals surface area contributed by atoms with Crippen molar-refractivity contribution in [3.63, 3.8) is 0 Å². The predicted octanol–water partition coefficient (Wildman–Crippen LogP) is 1.57. The summed E-state index contributed by atoms with van der Waals surface area (Å²) >= 11 is 0. The molecule has 17 heavy (non-hydrogen) atoms. The third kappa shape index (κ3) is 1.87. The van der Waals surface area contributed by atoms with Crippen LogP contribution in [0.1, 0.15) is 4.79 Å². The van der Waals surface area contributed by atoms with E-state index < -0.39 is 0 Å². The molecular weight excluding hydrogens is 218 g/mol. The Kier molecular flexibility index (Phi) is 2.82. The minimum absolute atomic E-state index is 0.0513. The number of aliphatic imine (C=N–C) groups is 1. The van der Waals surface area contributed by atoms with E-state index in [1.54, 1.807) is 25.4 Å². The third-order valence-electron chi connectivity index (χ3n) is 2.56. The molecule has 1 aromatic heterocycles. The molecule has 0 aliphatic carbocycles. The van der Waals surface area contributed by atoms with E-state index in [1.807, 2.05) is 6.07 Å². The number of hydrogen-bond donors (Lipinski definition) is 1. The summed E-state index contributed by atoms with van der Waals surface area (Å²) in [6.45, 7) is 3.36. The first-order chi connectivity index (χ1) is 8.17. The minimum Gasteiger partial charge on any atom is -0.495 e. The standard InChI is InChI=1S/C12H13N3O2/c1-14-7-12(16)15-4-3-8-5-11(17-2)9(13)6-10(8)15/h3-6H,1,7,13H2,2H3. The van der Waals surface area contributed by atoms with Gasteiger partial charge in [0.25, 0.3) is 5.91 Å². The van der Waals surface area contributed by atoms with Crippen LogP contribution in [0.2, 0.25) is 0 Å². The number of nitrogens with zero attached hydrogens (tertiary/aromatic N) is 2. The molecule has 0 spiro atoms. The van der Waals surface area contributed by atoms with E-state index in [1.165, 1.54) is 4.57 Å². The lowest BCUT2D eigenvalue weighted by atomic mass is 10.2. The fraction of sp³-hybridized carbons (Fsp3) is 0.167. The molecule has 0 amide bonds. The van der Waals surface area contributed by atoms with Crippen molar-refractivity contribution in [3.8, 4) is 5.75 Å². The summed E-state index contributed by atoms with van der Waals surface area (Å²) in [5.41, 5.74) is 7.06. The van der Waals surface area contributed by atoms with Gasteiger partial charge in [-0.2, -0.15) is 0 Å². The number of rotatable bonds is 3. The summed E-state index contributed by atoms with van der Waals surface area (Å²) in [5, 5.41) is 0.897. The lowest BCUT2D eigenvalue weighted by Gasteiger charge is -2.06. The quantitative estimate of drug-likeness (QED) is 0.644. The molecule has 2 rings (SSSR count). The number of benzene rings is 1. The van der Waals surface area contributed by atoms with Gasteiger partial charge in [-0.1, -0.05) is 0 Å². The van der Waals surface area contributed by atoms with Crippen molar-refractivity contribution in [1.29, 1.82) is 0 Å². The number of aromatic nitrogens is 1. The molecule has 0 saturated heterocycles. The van der Waals surface area contributed by atoms with E-state index in [9.17, 15) is 4.79 Å². The Hall–Kier alpha value is -2.30. The molecule has 2 N–H and O–H groups in total. The van der Waals surface area contributed by atoms with Crippen molar-refractivity contribution in [2.24, 2.45) is 4.99 Å². The Morgan fingerprint density at radius 3 is 3.00 bits per heavy atom. The van der Waals surface area contributed by atoms with E-state index >= 15 is 0 Å². The van der Waals surface area contributed by atoms with Crippen LogP contribution < -0.4 is 10.5 Å². The van der Waals surface area contributed by atoms with Gasteiger partial charge in [0.2, 0.25) is 0 Å². The first-order valence-corrected chi connectivity index (χ1v) is 5.07. The van der Waals surface area contributed by atoms with Gasteiger partial charge in [-0.05, 0) is 24.9 Å². The number of fused-ring (bicyclic) bond motifs is 1. The van der Waals surface area contributed by atoms with Gasteiger partial charge in [0.05, 0.1) is 18.3 Å². The average molecular weight is 231 g/mol. The second-order valence-corrected chi connectivity index (χ2v) is 3.61. The Labute approximate surface area is 98.5 Å². The third-order valence-corrected chi connectivity index (χ3v) is 2.56. The molecule has 1 aromatic carbocycles. The SMILES string of the molecule is C=NCC(=O)n1ccc2cc(OC)c(N)cc21. The fourth-order valence-corrected chi connectivity index (χ4v) is 1.74. The highest BCUT2D eigenvalue weighted by molar-refractivity contribution is 5.96. The summed E-state index contributed by atoms with van der Waals surface area (Å²) in [5.74, 6) is 0.462. The van der Waals surface area contributed by atoms with E-state index in [4.69, 9.17) is 10.5 Å². The molecule has 0 radical (unpaired) electrons. The number of ether oxygens (including phenoxy) is 1. The summed E-state index contributed by atoms with van der Waals surface area (Å²) in [7, 11) is 1.56. The van der Waals surface area contributed by atoms with Crippen molar-refractivity contribution in [1.82, 2.24) is 4.57 Å². The number of hydrogen-bond acceptors (Lipinski definition) is 4. The van der Waals surface area contributed by atoms with Crippen molar-refractivity contribution in [3.05, 3.63) is 24.4 Å². The predicted molar refractivity (Wildman–Crippen MR) is 67.9 cm³/mol. The second-order valence-electron chi connectivity index (χ2n) is 3.61. The highest BCUT2D eigenvalue weighted by atomic mass is 16.5. The number of carbonyl (C=O) groups excluding carboxylic acids is 1. The van der Waals surface area contributed by atoms with Crippen LogP contribution in [0.3, 0.4) is 0 Å². The van der Waals surface area contributed by atoms with Gasteiger partial charge in [0, 0.05) is 11.6 Å². The Morgan fingerprint density at radius 2 is 2.35 bits per heavy atom. The Morgan fingerprint density at radius 1 is 1.59 bits per heavy atom. The summed E-state index contributed by atoms with van der Waals surface area (Å²) < 4.78 is 6.64. The number of nitrogens with two attached hydrogens (primary N) is 1. The van der Waals surface area contributed by atoms with Crippen LogP contribution >= 0.6 is 0 Å². The molecule has 0 atom stereocenters. The zero-order valence-corrected chi connectivity index (χ0v) is 9.51. The average Bonchev–Trinajstić information content (AvgIpc) is 2.71. The zero-order chi connectivity index (χ0) is 12.4. The van der Waals surface area contributed by atoms with Crippen LogP contribution in [0.4, 0.5) is 5.69 Å². The molecular formula is C12H13N3O2. The molecule has 0 saturated carbocycles. The largest absolute Gasteiger partial charge is 0.495 e. The minimum atomic E-state index is -0.139. The van der Waals surface area contributed by atoms with Crippen molar-refractivity contribution in [2.45, 2.75) is 0 Å². The van der Waals surface area contributed by atoms with E-state index in [2.05, 4.69) is 11.7 Å². The van der Waals surface area contributed by atoms with Gasteiger partial charge in [0.1, 0.15) is 12.3 Å². The van der Waals surface area contributed by atoms with Crippen molar-refractivity contribution < 1.29 is 9.53 Å². The van der Waals surface area contributed by atoms with Gasteiger partial charge in [0.15, 0.2) is 0 Å². The molecule has 0 aliphatic rings. The maximum absolute atomic E-state index is 11.7. The van der Waals surface area contributed by atoms with Gasteiger partial charge in [-0.3, -0.25) is 14.4 Å². The van der Waals surface area contributed by atoms with Crippen molar-refractivity contribution >= 4 is 29.2 Å². The van der Waals surface area contributed by atoms with Crippen LogP contribution in [0.5, 0.6) is 5.75 Å². The normalized spacial score (nSPS) is 10.4. The molecule has 0 aliphatic heterocycles. The van der Waals surface area contributed by atoms with E-state index in [0.29, 0.717) is 11.4 Å². The highest BCUT2D eigenvalue weighted by Crippen LogP contribution is 2.28. The molecule has 5 nitrogen and oxygen atoms in total. The topological polar surface area (TPSA) is 69.6 Å². The maximum atomic E-state index is 11.7. The summed E-state index contributed by atoms with van der Waals surface area (Å²) in [6.07, 6.45) is 1.69. The number of nitrogen functional groups attached to an aromatic ring is 1. The molecule has 2 aromatic rings. The Bertz CT molecular complexity index is 587. The maximum Gasteiger partial charge on any atom is 0.252 e. The first-order valence-electron chi connectivity index (χ1n) is 5.07. The van der Waals surface area contributed by atoms with Crippen molar-refractivity contribution in [2.75, 3.05) is 19.4 Å². The Balaban J connectivity index is 2.57. The number of carbonyl (C=O) groups is 1. The zero-order valence-electron chi connectivity index (χ0n) is 9.51. The van der Waals surface area contributed by atoms with Crippen LogP contribution in [0.25, 0.3) is 10.9 Å². The monoisotopic (exact) mass is 231 g/mol. The molecule has 1 heterocycles. The first kappa shape index (κ1) is 11.2. The van der Waals surface area contributed by atoms with Crippen LogP contribution in [0, 0.1) is 0 Å². The molecule has 0 bridgehead atoms. The smallest absolute Gasteiger partial charge is 0.252 e. The van der Waals surface area contributed by atoms with Gasteiger partial charge < -0.3 is 10.5 Å². The lowest BCUT2D eigenvalue weighted by molar-refractivity contribution is 0.0930. The van der Waals surface area contributed by atoms with Gasteiger partial charge >= 0.3 is 0 Å². The molecule has 88 valence electrons. The second kappa shape index (κ2) is 4.29. The number of anilines is 1. The number of methoxy groups -OCH3 is 1. The highest BCUT2D eigenvalue weighted by Gasteiger charge is 2.10. The summed E-state index contributed by atoms with van der Waals surface area (Å²) in [6, 6.07) is 5.35. The molecule has 0 unspecified atom stereocenters. The molecule has 5 heteroatoms. The summed E-state index contributed by atoms with van der Waals surface area (Å²) in [4.78, 5) is 15.3. The van der Waals surface area contributed by atoms with Crippen LogP contribution in [0.15, 0.2) is 29.4 Å². The van der Waals surface area contributed by atoms with Crippen LogP contribution in [-0.2, 0) is 0 Å². The van der Waals surface area contributed by atoms with Gasteiger partial charge in [-0.25, -0.2) is 0 Å². The van der Waals surface area contributed by atoms with E-state index in [0.717, 1.165) is 10.9 Å². The fourth-order valence-electron chi connectivity index (χ4n) is 1.74.